The molecule has 1 rings (SSSR count). The number of benzene rings is 1. The SMILES string of the molecule is CCC(C)(NC(=O)[C@@H](N)c1ccccc1)C(=O)O. The highest BCUT2D eigenvalue weighted by atomic mass is 16.4. The zero-order valence-electron chi connectivity index (χ0n) is 10.5. The van der Waals surface area contributed by atoms with Gasteiger partial charge in [-0.05, 0) is 18.9 Å². The normalized spacial score (nSPS) is 15.5. The molecule has 5 nitrogen and oxygen atoms in total. The monoisotopic (exact) mass is 250 g/mol. The van der Waals surface area contributed by atoms with Crippen molar-refractivity contribution in [1.29, 1.82) is 0 Å². The number of aliphatic carboxylic acids is 1. The summed E-state index contributed by atoms with van der Waals surface area (Å²) in [6.07, 6.45) is 0.287. The Hall–Kier alpha value is -1.88. The van der Waals surface area contributed by atoms with Crippen LogP contribution in [0.2, 0.25) is 0 Å². The van der Waals surface area contributed by atoms with Crippen LogP contribution in [0.25, 0.3) is 0 Å². The molecule has 0 aliphatic rings. The molecule has 1 amide bonds. The maximum Gasteiger partial charge on any atom is 0.329 e. The number of carbonyl (C=O) groups excluding carboxylic acids is 1. The minimum Gasteiger partial charge on any atom is -0.480 e. The highest BCUT2D eigenvalue weighted by Crippen LogP contribution is 2.14. The van der Waals surface area contributed by atoms with Gasteiger partial charge in [-0.1, -0.05) is 37.3 Å². The summed E-state index contributed by atoms with van der Waals surface area (Å²) < 4.78 is 0. The second kappa shape index (κ2) is 5.64. The molecule has 1 unspecified atom stereocenters. The Bertz CT molecular complexity index is 433. The van der Waals surface area contributed by atoms with Gasteiger partial charge < -0.3 is 16.2 Å². The molecule has 0 saturated carbocycles. The van der Waals surface area contributed by atoms with Gasteiger partial charge >= 0.3 is 5.97 Å². The average Bonchev–Trinajstić information content (AvgIpc) is 2.38. The molecule has 1 aromatic rings. The molecule has 1 aromatic carbocycles. The van der Waals surface area contributed by atoms with Gasteiger partial charge in [0.25, 0.3) is 0 Å². The van der Waals surface area contributed by atoms with Gasteiger partial charge in [-0.2, -0.15) is 0 Å². The van der Waals surface area contributed by atoms with E-state index in [1.165, 1.54) is 6.92 Å². The molecule has 0 saturated heterocycles. The van der Waals surface area contributed by atoms with E-state index in [4.69, 9.17) is 10.8 Å². The van der Waals surface area contributed by atoms with Crippen LogP contribution in [-0.4, -0.2) is 22.5 Å². The maximum absolute atomic E-state index is 11.9. The number of carbonyl (C=O) groups is 2. The third-order valence-electron chi connectivity index (χ3n) is 3.02. The predicted molar refractivity (Wildman–Crippen MR) is 67.8 cm³/mol. The molecule has 0 aliphatic carbocycles. The molecular formula is C13H18N2O3. The lowest BCUT2D eigenvalue weighted by Crippen LogP contribution is -2.54. The van der Waals surface area contributed by atoms with Gasteiger partial charge in [0.05, 0.1) is 0 Å². The van der Waals surface area contributed by atoms with Gasteiger partial charge in [-0.25, -0.2) is 4.79 Å². The van der Waals surface area contributed by atoms with E-state index in [-0.39, 0.29) is 6.42 Å². The zero-order valence-corrected chi connectivity index (χ0v) is 10.5. The van der Waals surface area contributed by atoms with Crippen LogP contribution in [-0.2, 0) is 9.59 Å². The largest absolute Gasteiger partial charge is 0.480 e. The summed E-state index contributed by atoms with van der Waals surface area (Å²) in [6, 6.07) is 7.97. The fourth-order valence-electron chi connectivity index (χ4n) is 1.45. The van der Waals surface area contributed by atoms with Crippen LogP contribution in [0.4, 0.5) is 0 Å². The number of hydrogen-bond acceptors (Lipinski definition) is 3. The Morgan fingerprint density at radius 3 is 2.39 bits per heavy atom. The standard InChI is InChI=1S/C13H18N2O3/c1-3-13(2,12(17)18)15-11(16)10(14)9-7-5-4-6-8-9/h4-8,10H,3,14H2,1-2H3,(H,15,16)(H,17,18)/t10-,13?/m0/s1. The van der Waals surface area contributed by atoms with Crippen LogP contribution in [0.3, 0.4) is 0 Å². The van der Waals surface area contributed by atoms with E-state index in [0.29, 0.717) is 5.56 Å². The average molecular weight is 250 g/mol. The molecule has 0 spiro atoms. The smallest absolute Gasteiger partial charge is 0.329 e. The Kier molecular flexibility index (Phi) is 4.44. The Morgan fingerprint density at radius 2 is 1.94 bits per heavy atom. The summed E-state index contributed by atoms with van der Waals surface area (Å²) in [4.78, 5) is 23.0. The molecule has 0 radical (unpaired) electrons. The van der Waals surface area contributed by atoms with Gasteiger partial charge in [0.2, 0.25) is 5.91 Å². The van der Waals surface area contributed by atoms with Crippen molar-refractivity contribution in [2.45, 2.75) is 31.8 Å². The second-order valence-corrected chi connectivity index (χ2v) is 4.37. The third-order valence-corrected chi connectivity index (χ3v) is 3.02. The highest BCUT2D eigenvalue weighted by molar-refractivity contribution is 5.89. The summed E-state index contributed by atoms with van der Waals surface area (Å²) >= 11 is 0. The van der Waals surface area contributed by atoms with Gasteiger partial charge in [0, 0.05) is 0 Å². The van der Waals surface area contributed by atoms with Crippen molar-refractivity contribution in [2.75, 3.05) is 0 Å². The lowest BCUT2D eigenvalue weighted by molar-refractivity contribution is -0.147. The molecule has 0 heterocycles. The molecule has 2 atom stereocenters. The van der Waals surface area contributed by atoms with Gasteiger partial charge in [0.1, 0.15) is 11.6 Å². The van der Waals surface area contributed by atoms with Crippen molar-refractivity contribution in [1.82, 2.24) is 5.32 Å². The number of hydrogen-bond donors (Lipinski definition) is 3. The first kappa shape index (κ1) is 14.2. The minimum absolute atomic E-state index is 0.287. The first-order valence-corrected chi connectivity index (χ1v) is 5.76. The predicted octanol–water partition coefficient (Wildman–Crippen LogP) is 1.06. The summed E-state index contributed by atoms with van der Waals surface area (Å²) in [6.45, 7) is 3.16. The summed E-state index contributed by atoms with van der Waals surface area (Å²) in [5.41, 5.74) is 5.16. The molecule has 98 valence electrons. The number of carboxylic acid groups (broad SMARTS) is 1. The first-order valence-electron chi connectivity index (χ1n) is 5.76. The fourth-order valence-corrected chi connectivity index (χ4v) is 1.45. The number of rotatable bonds is 5. The van der Waals surface area contributed by atoms with E-state index < -0.39 is 23.5 Å². The summed E-state index contributed by atoms with van der Waals surface area (Å²) in [5, 5.41) is 11.6. The minimum atomic E-state index is -1.29. The van der Waals surface area contributed by atoms with E-state index in [9.17, 15) is 9.59 Å². The Balaban J connectivity index is 2.80. The van der Waals surface area contributed by atoms with Crippen LogP contribution in [0.15, 0.2) is 30.3 Å². The maximum atomic E-state index is 11.9. The number of carboxylic acids is 1. The van der Waals surface area contributed by atoms with Crippen LogP contribution in [0.1, 0.15) is 31.9 Å². The van der Waals surface area contributed by atoms with Crippen molar-refractivity contribution in [3.8, 4) is 0 Å². The number of amides is 1. The molecule has 0 aromatic heterocycles. The summed E-state index contributed by atoms with van der Waals surface area (Å²) in [7, 11) is 0. The van der Waals surface area contributed by atoms with E-state index in [1.807, 2.05) is 6.07 Å². The zero-order chi connectivity index (χ0) is 13.8. The van der Waals surface area contributed by atoms with E-state index >= 15 is 0 Å². The molecule has 0 aliphatic heterocycles. The van der Waals surface area contributed by atoms with Crippen molar-refractivity contribution < 1.29 is 14.7 Å². The number of nitrogens with two attached hydrogens (primary N) is 1. The van der Waals surface area contributed by atoms with Crippen LogP contribution in [0, 0.1) is 0 Å². The van der Waals surface area contributed by atoms with Crippen LogP contribution >= 0.6 is 0 Å². The topological polar surface area (TPSA) is 92.4 Å². The fraction of sp³-hybridized carbons (Fsp3) is 0.385. The van der Waals surface area contributed by atoms with Gasteiger partial charge in [-0.15, -0.1) is 0 Å². The number of nitrogens with one attached hydrogen (secondary N) is 1. The van der Waals surface area contributed by atoms with Crippen molar-refractivity contribution in [3.05, 3.63) is 35.9 Å². The van der Waals surface area contributed by atoms with E-state index in [1.54, 1.807) is 31.2 Å². The molecule has 0 bridgehead atoms. The lowest BCUT2D eigenvalue weighted by Gasteiger charge is -2.26. The van der Waals surface area contributed by atoms with Gasteiger partial charge in [0.15, 0.2) is 0 Å². The molecular weight excluding hydrogens is 232 g/mol. The van der Waals surface area contributed by atoms with Crippen LogP contribution in [0.5, 0.6) is 0 Å². The Morgan fingerprint density at radius 1 is 1.39 bits per heavy atom. The van der Waals surface area contributed by atoms with Crippen LogP contribution < -0.4 is 11.1 Å². The lowest BCUT2D eigenvalue weighted by atomic mass is 9.97. The van der Waals surface area contributed by atoms with Crippen molar-refractivity contribution >= 4 is 11.9 Å². The molecule has 5 heteroatoms. The third kappa shape index (κ3) is 3.07. The quantitative estimate of drug-likeness (QED) is 0.728. The van der Waals surface area contributed by atoms with Crippen molar-refractivity contribution in [2.24, 2.45) is 5.73 Å². The second-order valence-electron chi connectivity index (χ2n) is 4.37. The van der Waals surface area contributed by atoms with E-state index in [0.717, 1.165) is 0 Å². The Labute approximate surface area is 106 Å². The molecule has 18 heavy (non-hydrogen) atoms. The summed E-state index contributed by atoms with van der Waals surface area (Å²) in [5.74, 6) is -1.56. The van der Waals surface area contributed by atoms with Crippen molar-refractivity contribution in [3.63, 3.8) is 0 Å². The highest BCUT2D eigenvalue weighted by Gasteiger charge is 2.34. The van der Waals surface area contributed by atoms with Gasteiger partial charge in [-0.3, -0.25) is 4.79 Å². The first-order chi connectivity index (χ1) is 8.40. The molecule has 4 N–H and O–H groups in total. The van der Waals surface area contributed by atoms with E-state index in [2.05, 4.69) is 5.32 Å². The molecule has 0 fully saturated rings.